The fraction of sp³-hybridized carbons (Fsp3) is 0.533. The summed E-state index contributed by atoms with van der Waals surface area (Å²) in [6, 6.07) is 10.2. The van der Waals surface area contributed by atoms with Crippen LogP contribution in [0.15, 0.2) is 30.3 Å². The van der Waals surface area contributed by atoms with Gasteiger partial charge in [-0.15, -0.1) is 11.8 Å². The van der Waals surface area contributed by atoms with Gasteiger partial charge in [0.15, 0.2) is 0 Å². The summed E-state index contributed by atoms with van der Waals surface area (Å²) in [7, 11) is 0. The van der Waals surface area contributed by atoms with E-state index in [1.165, 1.54) is 5.56 Å². The van der Waals surface area contributed by atoms with Crippen LogP contribution < -0.4 is 5.32 Å². The fourth-order valence-electron chi connectivity index (χ4n) is 2.03. The third kappa shape index (κ3) is 4.88. The Morgan fingerprint density at radius 2 is 2.26 bits per heavy atom. The minimum absolute atomic E-state index is 0.0263. The Hall–Kier alpha value is -1.00. The molecular formula is C15H21NO2S. The van der Waals surface area contributed by atoms with E-state index < -0.39 is 0 Å². The molecule has 2 rings (SSSR count). The van der Waals surface area contributed by atoms with Gasteiger partial charge in [-0.25, -0.2) is 0 Å². The molecule has 1 aromatic rings. The quantitative estimate of drug-likeness (QED) is 0.870. The molecule has 1 fully saturated rings. The van der Waals surface area contributed by atoms with Crippen molar-refractivity contribution < 1.29 is 9.53 Å². The van der Waals surface area contributed by atoms with E-state index in [2.05, 4.69) is 17.4 Å². The molecule has 0 spiro atoms. The molecule has 0 saturated carbocycles. The summed E-state index contributed by atoms with van der Waals surface area (Å²) in [5.74, 6) is 0.978. The zero-order valence-electron chi connectivity index (χ0n) is 11.3. The lowest BCUT2D eigenvalue weighted by Gasteiger charge is -2.14. The molecule has 19 heavy (non-hydrogen) atoms. The van der Waals surface area contributed by atoms with Crippen LogP contribution in [0.4, 0.5) is 0 Å². The molecule has 1 aliphatic heterocycles. The molecule has 0 aromatic heterocycles. The van der Waals surface area contributed by atoms with E-state index in [-0.39, 0.29) is 17.3 Å². The Kier molecular flexibility index (Phi) is 5.73. The molecular weight excluding hydrogens is 258 g/mol. The third-order valence-corrected chi connectivity index (χ3v) is 4.45. The second kappa shape index (κ2) is 7.56. The third-order valence-electron chi connectivity index (χ3n) is 3.24. The Balaban J connectivity index is 1.67. The van der Waals surface area contributed by atoms with E-state index >= 15 is 0 Å². The van der Waals surface area contributed by atoms with Gasteiger partial charge in [-0.3, -0.25) is 4.79 Å². The Labute approximate surface area is 119 Å². The van der Waals surface area contributed by atoms with Crippen LogP contribution in [0.5, 0.6) is 0 Å². The summed E-state index contributed by atoms with van der Waals surface area (Å²) in [4.78, 5) is 11.9. The summed E-state index contributed by atoms with van der Waals surface area (Å²) < 4.78 is 5.49. The lowest BCUT2D eigenvalue weighted by atomic mass is 10.2. The number of rotatable bonds is 6. The van der Waals surface area contributed by atoms with Crippen molar-refractivity contribution in [3.05, 3.63) is 35.9 Å². The highest BCUT2D eigenvalue weighted by Gasteiger charge is 2.18. The van der Waals surface area contributed by atoms with Crippen LogP contribution in [-0.4, -0.2) is 30.4 Å². The van der Waals surface area contributed by atoms with E-state index in [1.54, 1.807) is 11.8 Å². The molecule has 1 aliphatic rings. The van der Waals surface area contributed by atoms with Crippen LogP contribution in [0.2, 0.25) is 0 Å². The van der Waals surface area contributed by atoms with Gasteiger partial charge in [-0.2, -0.15) is 0 Å². The predicted octanol–water partition coefficient (Wildman–Crippen LogP) is 2.60. The molecule has 0 aliphatic carbocycles. The minimum atomic E-state index is -0.0263. The first kappa shape index (κ1) is 14.4. The van der Waals surface area contributed by atoms with Crippen LogP contribution in [0.25, 0.3) is 0 Å². The number of hydrogen-bond donors (Lipinski definition) is 1. The van der Waals surface area contributed by atoms with Gasteiger partial charge in [0.05, 0.1) is 11.4 Å². The second-order valence-electron chi connectivity index (χ2n) is 4.82. The molecule has 0 unspecified atom stereocenters. The highest BCUT2D eigenvalue weighted by atomic mass is 32.2. The number of ether oxygens (including phenoxy) is 1. The van der Waals surface area contributed by atoms with Crippen molar-refractivity contribution in [1.29, 1.82) is 0 Å². The number of nitrogens with one attached hydrogen (secondary N) is 1. The van der Waals surface area contributed by atoms with Crippen molar-refractivity contribution in [3.63, 3.8) is 0 Å². The molecule has 4 heteroatoms. The number of carbonyl (C=O) groups excluding carboxylic acids is 1. The van der Waals surface area contributed by atoms with Crippen molar-refractivity contribution in [1.82, 2.24) is 5.32 Å². The normalized spacial score (nSPS) is 20.2. The van der Waals surface area contributed by atoms with E-state index in [0.29, 0.717) is 6.54 Å². The molecule has 1 saturated heterocycles. The van der Waals surface area contributed by atoms with Crippen LogP contribution in [0, 0.1) is 0 Å². The minimum Gasteiger partial charge on any atom is -0.376 e. The standard InChI is InChI=1S/C15H21NO2S/c1-12(19-11-13-6-3-2-4-7-13)15(17)16-10-14-8-5-9-18-14/h2-4,6-7,12,14H,5,8-11H2,1H3,(H,16,17)/t12-,14+/m1/s1. The molecule has 1 aromatic carbocycles. The van der Waals surface area contributed by atoms with Gasteiger partial charge in [0.1, 0.15) is 0 Å². The number of thioether (sulfide) groups is 1. The van der Waals surface area contributed by atoms with Gasteiger partial charge in [-0.05, 0) is 25.3 Å². The Morgan fingerprint density at radius 3 is 2.95 bits per heavy atom. The Bertz CT molecular complexity index is 390. The van der Waals surface area contributed by atoms with E-state index in [1.807, 2.05) is 25.1 Å². The van der Waals surface area contributed by atoms with Gasteiger partial charge in [0.25, 0.3) is 0 Å². The molecule has 2 atom stereocenters. The number of benzene rings is 1. The second-order valence-corrected chi connectivity index (χ2v) is 6.15. The monoisotopic (exact) mass is 279 g/mol. The van der Waals surface area contributed by atoms with E-state index in [4.69, 9.17) is 4.74 Å². The average molecular weight is 279 g/mol. The van der Waals surface area contributed by atoms with Crippen LogP contribution in [0.1, 0.15) is 25.3 Å². The summed E-state index contributed by atoms with van der Waals surface area (Å²) in [5.41, 5.74) is 1.26. The highest BCUT2D eigenvalue weighted by molar-refractivity contribution is 7.99. The zero-order chi connectivity index (χ0) is 13.5. The summed E-state index contributed by atoms with van der Waals surface area (Å²) in [6.07, 6.45) is 2.39. The summed E-state index contributed by atoms with van der Waals surface area (Å²) >= 11 is 1.67. The molecule has 0 bridgehead atoms. The van der Waals surface area contributed by atoms with Crippen molar-refractivity contribution in [3.8, 4) is 0 Å². The maximum Gasteiger partial charge on any atom is 0.232 e. The SMILES string of the molecule is C[C@@H](SCc1ccccc1)C(=O)NC[C@@H]1CCCO1. The molecule has 1 N–H and O–H groups in total. The van der Waals surface area contributed by atoms with Crippen LogP contribution in [-0.2, 0) is 15.3 Å². The first-order chi connectivity index (χ1) is 9.25. The highest BCUT2D eigenvalue weighted by Crippen LogP contribution is 2.18. The van der Waals surface area contributed by atoms with Gasteiger partial charge < -0.3 is 10.1 Å². The largest absolute Gasteiger partial charge is 0.376 e. The fourth-order valence-corrected chi connectivity index (χ4v) is 2.90. The topological polar surface area (TPSA) is 38.3 Å². The summed E-state index contributed by atoms with van der Waals surface area (Å²) in [6.45, 7) is 3.44. The predicted molar refractivity (Wildman–Crippen MR) is 79.2 cm³/mol. The van der Waals surface area contributed by atoms with Gasteiger partial charge >= 0.3 is 0 Å². The Morgan fingerprint density at radius 1 is 1.47 bits per heavy atom. The lowest BCUT2D eigenvalue weighted by molar-refractivity contribution is -0.120. The maximum atomic E-state index is 11.9. The van der Waals surface area contributed by atoms with Gasteiger partial charge in [0, 0.05) is 18.9 Å². The van der Waals surface area contributed by atoms with E-state index in [9.17, 15) is 4.79 Å². The molecule has 3 nitrogen and oxygen atoms in total. The zero-order valence-corrected chi connectivity index (χ0v) is 12.1. The van der Waals surface area contributed by atoms with E-state index in [0.717, 1.165) is 25.2 Å². The van der Waals surface area contributed by atoms with Crippen LogP contribution >= 0.6 is 11.8 Å². The first-order valence-corrected chi connectivity index (χ1v) is 7.85. The molecule has 0 radical (unpaired) electrons. The molecule has 1 amide bonds. The average Bonchev–Trinajstić information content (AvgIpc) is 2.96. The number of amides is 1. The van der Waals surface area contributed by atoms with Gasteiger partial charge in [-0.1, -0.05) is 30.3 Å². The molecule has 104 valence electrons. The number of carbonyl (C=O) groups is 1. The smallest absolute Gasteiger partial charge is 0.232 e. The molecule has 1 heterocycles. The summed E-state index contributed by atoms with van der Waals surface area (Å²) in [5, 5.41) is 2.95. The first-order valence-electron chi connectivity index (χ1n) is 6.80. The number of hydrogen-bond acceptors (Lipinski definition) is 3. The van der Waals surface area contributed by atoms with Crippen molar-refractivity contribution in [2.45, 2.75) is 36.9 Å². The van der Waals surface area contributed by atoms with Gasteiger partial charge in [0.2, 0.25) is 5.91 Å². The lowest BCUT2D eigenvalue weighted by Crippen LogP contribution is -2.36. The van der Waals surface area contributed by atoms with Crippen molar-refractivity contribution >= 4 is 17.7 Å². The van der Waals surface area contributed by atoms with Crippen LogP contribution in [0.3, 0.4) is 0 Å². The van der Waals surface area contributed by atoms with Crippen molar-refractivity contribution in [2.24, 2.45) is 0 Å². The van der Waals surface area contributed by atoms with Crippen molar-refractivity contribution in [2.75, 3.05) is 13.2 Å². The maximum absolute atomic E-state index is 11.9.